The van der Waals surface area contributed by atoms with E-state index in [1.807, 2.05) is 18.2 Å². The summed E-state index contributed by atoms with van der Waals surface area (Å²) in [6.07, 6.45) is 1.00. The summed E-state index contributed by atoms with van der Waals surface area (Å²) in [5.41, 5.74) is 3.66. The number of hydrogen-bond donors (Lipinski definition) is 1. The molecule has 0 saturated carbocycles. The maximum atomic E-state index is 12.7. The number of ether oxygens (including phenoxy) is 1. The van der Waals surface area contributed by atoms with Crippen LogP contribution >= 0.6 is 11.6 Å². The maximum absolute atomic E-state index is 12.7. The van der Waals surface area contributed by atoms with Crippen molar-refractivity contribution in [2.24, 2.45) is 0 Å². The van der Waals surface area contributed by atoms with Crippen LogP contribution in [0, 0.1) is 0 Å². The third-order valence-corrected chi connectivity index (χ3v) is 4.00. The Morgan fingerprint density at radius 1 is 1.19 bits per heavy atom. The van der Waals surface area contributed by atoms with Crippen LogP contribution in [0.3, 0.4) is 0 Å². The van der Waals surface area contributed by atoms with Gasteiger partial charge in [0.15, 0.2) is 5.78 Å². The number of benzene rings is 2. The minimum Gasteiger partial charge on any atom is -0.496 e. The molecule has 0 bridgehead atoms. The van der Waals surface area contributed by atoms with Gasteiger partial charge in [0.05, 0.1) is 12.7 Å². The summed E-state index contributed by atoms with van der Waals surface area (Å²) < 4.78 is 5.26. The molecule has 0 aliphatic carbocycles. The van der Waals surface area contributed by atoms with Gasteiger partial charge in [-0.3, -0.25) is 4.79 Å². The van der Waals surface area contributed by atoms with Gasteiger partial charge in [-0.25, -0.2) is 0 Å². The van der Waals surface area contributed by atoms with E-state index in [-0.39, 0.29) is 5.78 Å². The molecule has 108 valence electrons. The fourth-order valence-electron chi connectivity index (χ4n) is 2.63. The van der Waals surface area contributed by atoms with Gasteiger partial charge in [0.25, 0.3) is 0 Å². The fourth-order valence-corrected chi connectivity index (χ4v) is 2.81. The molecule has 2 aromatic rings. The molecule has 0 spiro atoms. The Morgan fingerprint density at radius 3 is 2.86 bits per heavy atom. The van der Waals surface area contributed by atoms with E-state index in [9.17, 15) is 4.79 Å². The summed E-state index contributed by atoms with van der Waals surface area (Å²) in [5.74, 6) is 0.475. The zero-order valence-corrected chi connectivity index (χ0v) is 12.5. The molecule has 0 aromatic heterocycles. The van der Waals surface area contributed by atoms with E-state index in [4.69, 9.17) is 16.3 Å². The molecule has 3 nitrogen and oxygen atoms in total. The van der Waals surface area contributed by atoms with Gasteiger partial charge in [-0.05, 0) is 48.4 Å². The standard InChI is InChI=1S/C17H16ClNO2/c1-21-16-5-4-14(18)9-15(16)17(20)12-3-2-11-6-7-19-10-13(11)8-12/h2-5,8-9,19H,6-7,10H2,1H3. The van der Waals surface area contributed by atoms with Crippen molar-refractivity contribution in [3.8, 4) is 5.75 Å². The van der Waals surface area contributed by atoms with Crippen molar-refractivity contribution >= 4 is 17.4 Å². The van der Waals surface area contributed by atoms with Gasteiger partial charge in [-0.1, -0.05) is 23.7 Å². The number of methoxy groups -OCH3 is 1. The lowest BCUT2D eigenvalue weighted by molar-refractivity contribution is 0.103. The van der Waals surface area contributed by atoms with Crippen molar-refractivity contribution in [1.29, 1.82) is 0 Å². The lowest BCUT2D eigenvalue weighted by atomic mass is 9.95. The lowest BCUT2D eigenvalue weighted by Crippen LogP contribution is -2.23. The van der Waals surface area contributed by atoms with Crippen LogP contribution in [-0.4, -0.2) is 19.4 Å². The molecule has 0 amide bonds. The summed E-state index contributed by atoms with van der Waals surface area (Å²) in [7, 11) is 1.55. The maximum Gasteiger partial charge on any atom is 0.196 e. The monoisotopic (exact) mass is 301 g/mol. The van der Waals surface area contributed by atoms with Crippen molar-refractivity contribution < 1.29 is 9.53 Å². The SMILES string of the molecule is COc1ccc(Cl)cc1C(=O)c1ccc2c(c1)CNCC2. The second-order valence-corrected chi connectivity index (χ2v) is 5.52. The van der Waals surface area contributed by atoms with Crippen molar-refractivity contribution in [3.63, 3.8) is 0 Å². The average Bonchev–Trinajstić information content (AvgIpc) is 2.53. The van der Waals surface area contributed by atoms with Crippen LogP contribution in [0.5, 0.6) is 5.75 Å². The number of rotatable bonds is 3. The first kappa shape index (κ1) is 14.1. The summed E-state index contributed by atoms with van der Waals surface area (Å²) >= 11 is 6.00. The van der Waals surface area contributed by atoms with Crippen LogP contribution < -0.4 is 10.1 Å². The van der Waals surface area contributed by atoms with Crippen molar-refractivity contribution in [1.82, 2.24) is 5.32 Å². The third-order valence-electron chi connectivity index (χ3n) is 3.76. The first-order valence-corrected chi connectivity index (χ1v) is 7.27. The summed E-state index contributed by atoms with van der Waals surface area (Å²) in [5, 5.41) is 3.85. The molecule has 1 aliphatic heterocycles. The highest BCUT2D eigenvalue weighted by Crippen LogP contribution is 2.26. The molecule has 0 radical (unpaired) electrons. The molecule has 2 aromatic carbocycles. The van der Waals surface area contributed by atoms with Crippen LogP contribution in [0.25, 0.3) is 0 Å². The summed E-state index contributed by atoms with van der Waals surface area (Å²) in [6, 6.07) is 11.0. The van der Waals surface area contributed by atoms with Gasteiger partial charge in [0, 0.05) is 17.1 Å². The van der Waals surface area contributed by atoms with E-state index in [0.717, 1.165) is 19.5 Å². The highest BCUT2D eigenvalue weighted by molar-refractivity contribution is 6.31. The average molecular weight is 302 g/mol. The topological polar surface area (TPSA) is 38.3 Å². The van der Waals surface area contributed by atoms with E-state index in [0.29, 0.717) is 21.9 Å². The Kier molecular flexibility index (Phi) is 3.95. The quantitative estimate of drug-likeness (QED) is 0.885. The highest BCUT2D eigenvalue weighted by atomic mass is 35.5. The molecule has 0 atom stereocenters. The van der Waals surface area contributed by atoms with Gasteiger partial charge in [-0.15, -0.1) is 0 Å². The lowest BCUT2D eigenvalue weighted by Gasteiger charge is -2.18. The van der Waals surface area contributed by atoms with E-state index in [2.05, 4.69) is 5.32 Å². The first-order chi connectivity index (χ1) is 10.2. The van der Waals surface area contributed by atoms with Crippen molar-refractivity contribution in [2.45, 2.75) is 13.0 Å². The number of nitrogens with one attached hydrogen (secondary N) is 1. The molecule has 1 aliphatic rings. The van der Waals surface area contributed by atoms with Crippen LogP contribution in [-0.2, 0) is 13.0 Å². The van der Waals surface area contributed by atoms with E-state index in [1.165, 1.54) is 11.1 Å². The predicted octanol–water partition coefficient (Wildman–Crippen LogP) is 3.23. The van der Waals surface area contributed by atoms with Crippen LogP contribution in [0.1, 0.15) is 27.0 Å². The smallest absolute Gasteiger partial charge is 0.196 e. The highest BCUT2D eigenvalue weighted by Gasteiger charge is 2.17. The van der Waals surface area contributed by atoms with Crippen LogP contribution in [0.2, 0.25) is 5.02 Å². The zero-order valence-electron chi connectivity index (χ0n) is 11.8. The van der Waals surface area contributed by atoms with E-state index < -0.39 is 0 Å². The Balaban J connectivity index is 2.00. The van der Waals surface area contributed by atoms with Gasteiger partial charge < -0.3 is 10.1 Å². The summed E-state index contributed by atoms with van der Waals surface area (Å²) in [4.78, 5) is 12.7. The molecule has 4 heteroatoms. The number of hydrogen-bond acceptors (Lipinski definition) is 3. The van der Waals surface area contributed by atoms with E-state index in [1.54, 1.807) is 25.3 Å². The third kappa shape index (κ3) is 2.80. The van der Waals surface area contributed by atoms with Crippen LogP contribution in [0.15, 0.2) is 36.4 Å². The Morgan fingerprint density at radius 2 is 2.05 bits per heavy atom. The van der Waals surface area contributed by atoms with Gasteiger partial charge in [-0.2, -0.15) is 0 Å². The largest absolute Gasteiger partial charge is 0.496 e. The minimum atomic E-state index is -0.0669. The zero-order chi connectivity index (χ0) is 14.8. The van der Waals surface area contributed by atoms with Gasteiger partial charge in [0.1, 0.15) is 5.75 Å². The number of fused-ring (bicyclic) bond motifs is 1. The molecular weight excluding hydrogens is 286 g/mol. The van der Waals surface area contributed by atoms with Gasteiger partial charge >= 0.3 is 0 Å². The van der Waals surface area contributed by atoms with Crippen molar-refractivity contribution in [2.75, 3.05) is 13.7 Å². The molecule has 0 saturated heterocycles. The van der Waals surface area contributed by atoms with Gasteiger partial charge in [0.2, 0.25) is 0 Å². The first-order valence-electron chi connectivity index (χ1n) is 6.90. The Bertz CT molecular complexity index is 697. The fraction of sp³-hybridized carbons (Fsp3) is 0.235. The second kappa shape index (κ2) is 5.88. The Hall–Kier alpha value is -1.84. The molecule has 1 heterocycles. The summed E-state index contributed by atoms with van der Waals surface area (Å²) in [6.45, 7) is 1.80. The molecule has 0 fully saturated rings. The normalized spacial score (nSPS) is 13.6. The van der Waals surface area contributed by atoms with E-state index >= 15 is 0 Å². The second-order valence-electron chi connectivity index (χ2n) is 5.08. The molecule has 1 N–H and O–H groups in total. The number of ketones is 1. The molecule has 3 rings (SSSR count). The van der Waals surface area contributed by atoms with Crippen molar-refractivity contribution in [3.05, 3.63) is 63.7 Å². The predicted molar refractivity (Wildman–Crippen MR) is 83.3 cm³/mol. The number of carbonyl (C=O) groups excluding carboxylic acids is 1. The molecule has 21 heavy (non-hydrogen) atoms. The number of halogens is 1. The molecular formula is C17H16ClNO2. The Labute approximate surface area is 128 Å². The van der Waals surface area contributed by atoms with Crippen LogP contribution in [0.4, 0.5) is 0 Å². The molecule has 0 unspecified atom stereocenters. The number of carbonyl (C=O) groups is 1. The minimum absolute atomic E-state index is 0.0669.